The molecule has 4 aromatic rings. The van der Waals surface area contributed by atoms with Gasteiger partial charge in [-0.25, -0.2) is 0 Å². The van der Waals surface area contributed by atoms with E-state index < -0.39 is 0 Å². The highest BCUT2D eigenvalue weighted by molar-refractivity contribution is 6.14. The van der Waals surface area contributed by atoms with E-state index in [0.29, 0.717) is 6.42 Å². The molecule has 21 heavy (non-hydrogen) atoms. The third kappa shape index (κ3) is 1.77. The largest absolute Gasteiger partial charge is 0.198 e. The summed E-state index contributed by atoms with van der Waals surface area (Å²) in [5.41, 5.74) is 1.14. The highest BCUT2D eigenvalue weighted by Gasteiger charge is 2.09. The Morgan fingerprint density at radius 2 is 1.38 bits per heavy atom. The Balaban J connectivity index is 2.27. The fraction of sp³-hybridized carbons (Fsp3) is 0.0500. The molecule has 98 valence electrons. The van der Waals surface area contributed by atoms with Crippen molar-refractivity contribution in [3.63, 3.8) is 0 Å². The first-order valence-corrected chi connectivity index (χ1v) is 7.07. The van der Waals surface area contributed by atoms with Gasteiger partial charge in [0.1, 0.15) is 0 Å². The lowest BCUT2D eigenvalue weighted by Gasteiger charge is -2.11. The van der Waals surface area contributed by atoms with E-state index in [-0.39, 0.29) is 0 Å². The summed E-state index contributed by atoms with van der Waals surface area (Å²) in [5, 5.41) is 16.5. The molecule has 0 amide bonds. The van der Waals surface area contributed by atoms with Crippen LogP contribution in [-0.2, 0) is 6.42 Å². The number of hydrogen-bond donors (Lipinski definition) is 0. The van der Waals surface area contributed by atoms with Crippen molar-refractivity contribution in [2.24, 2.45) is 0 Å². The summed E-state index contributed by atoms with van der Waals surface area (Å²) in [5.74, 6) is 0. The van der Waals surface area contributed by atoms with E-state index in [0.717, 1.165) is 5.56 Å². The van der Waals surface area contributed by atoms with E-state index >= 15 is 0 Å². The molecule has 0 spiro atoms. The predicted molar refractivity (Wildman–Crippen MR) is 88.3 cm³/mol. The van der Waals surface area contributed by atoms with E-state index in [1.54, 1.807) is 0 Å². The predicted octanol–water partition coefficient (Wildman–Crippen LogP) is 5.21. The molecule has 0 radical (unpaired) electrons. The van der Waals surface area contributed by atoms with Crippen molar-refractivity contribution in [2.75, 3.05) is 0 Å². The van der Waals surface area contributed by atoms with Gasteiger partial charge in [-0.05, 0) is 43.9 Å². The Morgan fingerprint density at radius 1 is 0.667 bits per heavy atom. The molecule has 0 aromatic heterocycles. The summed E-state index contributed by atoms with van der Waals surface area (Å²) in [6.07, 6.45) is 0.441. The molecule has 0 atom stereocenters. The van der Waals surface area contributed by atoms with Crippen LogP contribution in [0.1, 0.15) is 5.56 Å². The van der Waals surface area contributed by atoms with Gasteiger partial charge in [-0.2, -0.15) is 5.26 Å². The molecule has 0 aliphatic carbocycles. The molecule has 0 aliphatic heterocycles. The molecule has 1 heteroatoms. The summed E-state index contributed by atoms with van der Waals surface area (Å²) in [4.78, 5) is 0. The molecule has 0 saturated heterocycles. The average Bonchev–Trinajstić information content (AvgIpc) is 2.55. The third-order valence-electron chi connectivity index (χ3n) is 4.14. The van der Waals surface area contributed by atoms with E-state index in [1.165, 1.54) is 32.3 Å². The number of hydrogen-bond acceptors (Lipinski definition) is 1. The first-order chi connectivity index (χ1) is 10.4. The lowest BCUT2D eigenvalue weighted by Crippen LogP contribution is -1.89. The van der Waals surface area contributed by atoms with Crippen molar-refractivity contribution in [3.05, 3.63) is 72.3 Å². The summed E-state index contributed by atoms with van der Waals surface area (Å²) in [7, 11) is 0. The van der Waals surface area contributed by atoms with Gasteiger partial charge in [-0.15, -0.1) is 0 Å². The fourth-order valence-corrected chi connectivity index (χ4v) is 3.18. The van der Waals surface area contributed by atoms with Crippen molar-refractivity contribution in [2.45, 2.75) is 6.42 Å². The number of rotatable bonds is 1. The molecule has 4 aromatic carbocycles. The van der Waals surface area contributed by atoms with Gasteiger partial charge in [0, 0.05) is 0 Å². The number of fused-ring (bicyclic) bond motifs is 4. The smallest absolute Gasteiger partial charge is 0.0670 e. The van der Waals surface area contributed by atoms with Crippen molar-refractivity contribution >= 4 is 32.3 Å². The molecule has 1 nitrogen and oxygen atoms in total. The summed E-state index contributed by atoms with van der Waals surface area (Å²) in [6.45, 7) is 0. The van der Waals surface area contributed by atoms with Crippen LogP contribution < -0.4 is 0 Å². The minimum Gasteiger partial charge on any atom is -0.198 e. The van der Waals surface area contributed by atoms with Crippen LogP contribution in [0, 0.1) is 11.3 Å². The Hall–Kier alpha value is -2.85. The Bertz CT molecular complexity index is 1020. The van der Waals surface area contributed by atoms with E-state index in [9.17, 15) is 5.26 Å². The summed E-state index contributed by atoms with van der Waals surface area (Å²) < 4.78 is 0. The maximum Gasteiger partial charge on any atom is 0.0670 e. The van der Waals surface area contributed by atoms with Crippen molar-refractivity contribution in [1.29, 1.82) is 5.26 Å². The molecular formula is C20H13N. The van der Waals surface area contributed by atoms with Crippen molar-refractivity contribution in [3.8, 4) is 6.07 Å². The zero-order chi connectivity index (χ0) is 14.2. The van der Waals surface area contributed by atoms with Gasteiger partial charge in [0.15, 0.2) is 0 Å². The highest BCUT2D eigenvalue weighted by Crippen LogP contribution is 2.33. The fourth-order valence-electron chi connectivity index (χ4n) is 3.18. The number of nitrogens with zero attached hydrogens (tertiary/aromatic N) is 1. The summed E-state index contributed by atoms with van der Waals surface area (Å²) in [6, 6.07) is 25.6. The lowest BCUT2D eigenvalue weighted by molar-refractivity contribution is 1.31. The van der Waals surface area contributed by atoms with E-state index in [1.807, 2.05) is 6.07 Å². The van der Waals surface area contributed by atoms with Crippen LogP contribution in [-0.4, -0.2) is 0 Å². The number of nitriles is 1. The van der Waals surface area contributed by atoms with Gasteiger partial charge < -0.3 is 0 Å². The van der Waals surface area contributed by atoms with Crippen LogP contribution in [0.3, 0.4) is 0 Å². The maximum absolute atomic E-state index is 9.20. The molecule has 0 N–H and O–H groups in total. The monoisotopic (exact) mass is 267 g/mol. The van der Waals surface area contributed by atoms with Crippen LogP contribution in [0.4, 0.5) is 0 Å². The topological polar surface area (TPSA) is 23.8 Å². The maximum atomic E-state index is 9.20. The molecule has 0 bridgehead atoms. The molecule has 0 aliphatic rings. The quantitative estimate of drug-likeness (QED) is 0.343. The van der Waals surface area contributed by atoms with Gasteiger partial charge >= 0.3 is 0 Å². The molecular weight excluding hydrogens is 254 g/mol. The van der Waals surface area contributed by atoms with Crippen molar-refractivity contribution < 1.29 is 0 Å². The molecule has 0 heterocycles. The molecule has 0 fully saturated rings. The minimum absolute atomic E-state index is 0.441. The first-order valence-electron chi connectivity index (χ1n) is 7.07. The Kier molecular flexibility index (Phi) is 2.62. The summed E-state index contributed by atoms with van der Waals surface area (Å²) >= 11 is 0. The third-order valence-corrected chi connectivity index (χ3v) is 4.14. The van der Waals surface area contributed by atoms with Gasteiger partial charge in [0.2, 0.25) is 0 Å². The standard InChI is InChI=1S/C20H13N/c21-12-11-19-17-8-4-2-6-15(17)13-20-16-7-3-1-5-14(16)9-10-18(19)20/h1-10,13H,11H2. The van der Waals surface area contributed by atoms with E-state index in [4.69, 9.17) is 0 Å². The molecule has 0 saturated carbocycles. The van der Waals surface area contributed by atoms with Gasteiger partial charge in [-0.1, -0.05) is 60.7 Å². The normalized spacial score (nSPS) is 11.0. The first kappa shape index (κ1) is 11.9. The van der Waals surface area contributed by atoms with Crippen LogP contribution >= 0.6 is 0 Å². The van der Waals surface area contributed by atoms with Crippen molar-refractivity contribution in [1.82, 2.24) is 0 Å². The average molecular weight is 267 g/mol. The van der Waals surface area contributed by atoms with Crippen LogP contribution in [0.2, 0.25) is 0 Å². The molecule has 0 unspecified atom stereocenters. The van der Waals surface area contributed by atoms with E-state index in [2.05, 4.69) is 66.7 Å². The molecule has 4 rings (SSSR count). The van der Waals surface area contributed by atoms with Crippen LogP contribution in [0.25, 0.3) is 32.3 Å². The van der Waals surface area contributed by atoms with Crippen LogP contribution in [0.5, 0.6) is 0 Å². The second kappa shape index (κ2) is 4.61. The van der Waals surface area contributed by atoms with Gasteiger partial charge in [0.25, 0.3) is 0 Å². The van der Waals surface area contributed by atoms with Gasteiger partial charge in [-0.3, -0.25) is 0 Å². The Morgan fingerprint density at radius 3 is 2.19 bits per heavy atom. The minimum atomic E-state index is 0.441. The SMILES string of the molecule is N#CCc1c2ccccc2cc2c1ccc1ccccc12. The zero-order valence-electron chi connectivity index (χ0n) is 11.5. The lowest BCUT2D eigenvalue weighted by atomic mass is 9.92. The number of benzene rings is 4. The Labute approximate surface area is 123 Å². The second-order valence-corrected chi connectivity index (χ2v) is 5.29. The van der Waals surface area contributed by atoms with Crippen LogP contribution in [0.15, 0.2) is 66.7 Å². The van der Waals surface area contributed by atoms with Gasteiger partial charge in [0.05, 0.1) is 12.5 Å². The zero-order valence-corrected chi connectivity index (χ0v) is 11.5. The second-order valence-electron chi connectivity index (χ2n) is 5.29. The highest BCUT2D eigenvalue weighted by atomic mass is 14.2.